The summed E-state index contributed by atoms with van der Waals surface area (Å²) >= 11 is 12.7. The summed E-state index contributed by atoms with van der Waals surface area (Å²) in [5.41, 5.74) is 0.755. The molecule has 22 heavy (non-hydrogen) atoms. The van der Waals surface area contributed by atoms with Crippen LogP contribution in [0.25, 0.3) is 0 Å². The lowest BCUT2D eigenvalue weighted by atomic mass is 10.1. The molecular formula is C13H11Cl2NO4S2. The second-order valence-electron chi connectivity index (χ2n) is 4.64. The maximum atomic E-state index is 12.4. The molecule has 5 nitrogen and oxygen atoms in total. The zero-order valence-electron chi connectivity index (χ0n) is 11.3. The highest BCUT2D eigenvalue weighted by atomic mass is 35.5. The van der Waals surface area contributed by atoms with Gasteiger partial charge in [-0.2, -0.15) is 0 Å². The Hall–Kier alpha value is -0.990. The van der Waals surface area contributed by atoms with Crippen molar-refractivity contribution in [3.8, 4) is 11.5 Å². The molecule has 0 saturated heterocycles. The molecule has 9 heteroatoms. The Morgan fingerprint density at radius 1 is 1.23 bits per heavy atom. The average molecular weight is 380 g/mol. The number of hydrogen-bond acceptors (Lipinski definition) is 5. The van der Waals surface area contributed by atoms with E-state index in [0.717, 1.165) is 16.9 Å². The highest BCUT2D eigenvalue weighted by Crippen LogP contribution is 2.36. The lowest BCUT2D eigenvalue weighted by Gasteiger charge is -2.14. The van der Waals surface area contributed by atoms with Crippen LogP contribution >= 0.6 is 34.5 Å². The topological polar surface area (TPSA) is 64.6 Å². The monoisotopic (exact) mass is 379 g/mol. The van der Waals surface area contributed by atoms with Gasteiger partial charge in [0.25, 0.3) is 0 Å². The maximum absolute atomic E-state index is 12.4. The zero-order valence-corrected chi connectivity index (χ0v) is 14.4. The molecule has 2 heterocycles. The number of rotatable bonds is 4. The average Bonchev–Trinajstić information content (AvgIpc) is 3.03. The molecule has 3 rings (SSSR count). The third kappa shape index (κ3) is 3.04. The van der Waals surface area contributed by atoms with Gasteiger partial charge in [-0.3, -0.25) is 0 Å². The Balaban J connectivity index is 1.84. The molecule has 0 spiro atoms. The summed E-state index contributed by atoms with van der Waals surface area (Å²) in [6.45, 7) is 1.90. The van der Waals surface area contributed by atoms with E-state index in [-0.39, 0.29) is 16.0 Å². The van der Waals surface area contributed by atoms with Crippen LogP contribution in [0.2, 0.25) is 8.67 Å². The molecular weight excluding hydrogens is 369 g/mol. The van der Waals surface area contributed by atoms with Gasteiger partial charge >= 0.3 is 0 Å². The van der Waals surface area contributed by atoms with Gasteiger partial charge in [-0.05, 0) is 30.7 Å². The van der Waals surface area contributed by atoms with E-state index in [9.17, 15) is 8.42 Å². The van der Waals surface area contributed by atoms with Gasteiger partial charge in [-0.1, -0.05) is 29.3 Å². The van der Waals surface area contributed by atoms with Crippen molar-refractivity contribution in [3.05, 3.63) is 38.5 Å². The van der Waals surface area contributed by atoms with Crippen molar-refractivity contribution in [1.82, 2.24) is 4.72 Å². The van der Waals surface area contributed by atoms with E-state index in [2.05, 4.69) is 4.72 Å². The summed E-state index contributed by atoms with van der Waals surface area (Å²) in [7, 11) is -3.76. The van der Waals surface area contributed by atoms with Crippen LogP contribution in [0.3, 0.4) is 0 Å². The van der Waals surface area contributed by atoms with E-state index in [1.54, 1.807) is 25.1 Å². The molecule has 1 aromatic carbocycles. The first kappa shape index (κ1) is 15.9. The summed E-state index contributed by atoms with van der Waals surface area (Å²) < 4.78 is 38.3. The summed E-state index contributed by atoms with van der Waals surface area (Å²) in [6, 6.07) is 6.15. The van der Waals surface area contributed by atoms with Crippen molar-refractivity contribution < 1.29 is 17.9 Å². The van der Waals surface area contributed by atoms with Crippen molar-refractivity contribution in [2.45, 2.75) is 17.9 Å². The van der Waals surface area contributed by atoms with Crippen LogP contribution in [0.15, 0.2) is 29.2 Å². The van der Waals surface area contributed by atoms with Gasteiger partial charge < -0.3 is 9.47 Å². The minimum Gasteiger partial charge on any atom is -0.454 e. The fourth-order valence-electron chi connectivity index (χ4n) is 2.06. The van der Waals surface area contributed by atoms with Crippen LogP contribution < -0.4 is 14.2 Å². The molecule has 1 aliphatic rings. The van der Waals surface area contributed by atoms with Crippen molar-refractivity contribution in [2.75, 3.05) is 6.79 Å². The number of benzene rings is 1. The highest BCUT2D eigenvalue weighted by molar-refractivity contribution is 7.89. The van der Waals surface area contributed by atoms with Crippen LogP contribution in [0.4, 0.5) is 0 Å². The second-order valence-corrected chi connectivity index (χ2v) is 8.61. The van der Waals surface area contributed by atoms with E-state index in [1.807, 2.05) is 0 Å². The molecule has 0 bridgehead atoms. The number of sulfonamides is 1. The molecule has 0 saturated carbocycles. The van der Waals surface area contributed by atoms with Crippen LogP contribution in [-0.2, 0) is 10.0 Å². The predicted molar refractivity (Wildman–Crippen MR) is 85.6 cm³/mol. The molecule has 1 unspecified atom stereocenters. The fourth-order valence-corrected chi connectivity index (χ4v) is 5.44. The third-order valence-corrected chi connectivity index (χ3v) is 6.44. The molecule has 0 radical (unpaired) electrons. The number of nitrogens with one attached hydrogen (secondary N) is 1. The van der Waals surface area contributed by atoms with E-state index in [4.69, 9.17) is 32.7 Å². The van der Waals surface area contributed by atoms with Gasteiger partial charge in [0.05, 0.1) is 4.34 Å². The lowest BCUT2D eigenvalue weighted by Crippen LogP contribution is -2.26. The quantitative estimate of drug-likeness (QED) is 0.876. The number of halogens is 2. The first-order valence-electron chi connectivity index (χ1n) is 6.23. The lowest BCUT2D eigenvalue weighted by molar-refractivity contribution is 0.174. The van der Waals surface area contributed by atoms with E-state index in [0.29, 0.717) is 15.8 Å². The molecule has 1 atom stereocenters. The molecule has 0 fully saturated rings. The summed E-state index contributed by atoms with van der Waals surface area (Å²) in [6.07, 6.45) is 0. The van der Waals surface area contributed by atoms with Crippen molar-refractivity contribution in [3.63, 3.8) is 0 Å². The van der Waals surface area contributed by atoms with Crippen molar-refractivity contribution in [1.29, 1.82) is 0 Å². The Bertz CT molecular complexity index is 819. The Morgan fingerprint density at radius 2 is 1.95 bits per heavy atom. The van der Waals surface area contributed by atoms with Gasteiger partial charge in [-0.25, -0.2) is 13.1 Å². The first-order valence-corrected chi connectivity index (χ1v) is 9.29. The van der Waals surface area contributed by atoms with E-state index < -0.39 is 16.1 Å². The molecule has 1 aromatic heterocycles. The minimum atomic E-state index is -3.76. The van der Waals surface area contributed by atoms with E-state index >= 15 is 0 Å². The van der Waals surface area contributed by atoms with Crippen LogP contribution in [0, 0.1) is 0 Å². The number of ether oxygens (including phenoxy) is 2. The standard InChI is InChI=1S/C13H11Cl2NO4S2/c1-7(8-2-3-9-10(4-8)20-6-19-9)16-22(17,18)11-5-12(14)21-13(11)15/h2-5,7,16H,6H2,1H3. The Labute approximate surface area is 141 Å². The SMILES string of the molecule is CC(NS(=O)(=O)c1cc(Cl)sc1Cl)c1ccc2c(c1)OCO2. The van der Waals surface area contributed by atoms with Gasteiger partial charge in [0.2, 0.25) is 16.8 Å². The summed E-state index contributed by atoms with van der Waals surface area (Å²) in [5, 5.41) is 0. The molecule has 1 N–H and O–H groups in total. The normalized spacial score (nSPS) is 15.0. The molecule has 1 aliphatic heterocycles. The van der Waals surface area contributed by atoms with Crippen molar-refractivity contribution in [2.24, 2.45) is 0 Å². The molecule has 0 amide bonds. The van der Waals surface area contributed by atoms with Gasteiger partial charge in [-0.15, -0.1) is 11.3 Å². The van der Waals surface area contributed by atoms with Crippen LogP contribution in [-0.4, -0.2) is 15.2 Å². The van der Waals surface area contributed by atoms with E-state index in [1.165, 1.54) is 6.07 Å². The Morgan fingerprint density at radius 3 is 2.64 bits per heavy atom. The first-order chi connectivity index (χ1) is 10.4. The third-order valence-electron chi connectivity index (χ3n) is 3.14. The van der Waals surface area contributed by atoms with Gasteiger partial charge in [0.15, 0.2) is 11.5 Å². The molecule has 0 aliphatic carbocycles. The van der Waals surface area contributed by atoms with Gasteiger partial charge in [0, 0.05) is 6.04 Å². The highest BCUT2D eigenvalue weighted by Gasteiger charge is 2.24. The number of hydrogen-bond donors (Lipinski definition) is 1. The van der Waals surface area contributed by atoms with Crippen molar-refractivity contribution >= 4 is 44.6 Å². The summed E-state index contributed by atoms with van der Waals surface area (Å²) in [5.74, 6) is 1.24. The Kier molecular flexibility index (Phi) is 4.26. The summed E-state index contributed by atoms with van der Waals surface area (Å²) in [4.78, 5) is -0.0169. The fraction of sp³-hybridized carbons (Fsp3) is 0.231. The second kappa shape index (κ2) is 5.90. The van der Waals surface area contributed by atoms with Crippen LogP contribution in [0.5, 0.6) is 11.5 Å². The maximum Gasteiger partial charge on any atom is 0.243 e. The minimum absolute atomic E-state index is 0.0169. The predicted octanol–water partition coefficient (Wildman–Crippen LogP) is 3.82. The van der Waals surface area contributed by atoms with Gasteiger partial charge in [0.1, 0.15) is 9.23 Å². The smallest absolute Gasteiger partial charge is 0.243 e. The molecule has 118 valence electrons. The molecule has 2 aromatic rings. The number of thiophene rings is 1. The number of fused-ring (bicyclic) bond motifs is 1. The largest absolute Gasteiger partial charge is 0.454 e. The zero-order chi connectivity index (χ0) is 15.9. The van der Waals surface area contributed by atoms with Crippen LogP contribution in [0.1, 0.15) is 18.5 Å².